The molecule has 1 saturated carbocycles. The fourth-order valence-corrected chi connectivity index (χ4v) is 1.80. The van der Waals surface area contributed by atoms with Gasteiger partial charge in [0.25, 0.3) is 0 Å². The van der Waals surface area contributed by atoms with Crippen molar-refractivity contribution in [1.82, 2.24) is 10.5 Å². The number of nitrogens with one attached hydrogen (secondary N) is 1. The lowest BCUT2D eigenvalue weighted by Gasteiger charge is -1.95. The Morgan fingerprint density at radius 3 is 2.94 bits per heavy atom. The van der Waals surface area contributed by atoms with Crippen molar-refractivity contribution in [3.8, 4) is 11.5 Å². The van der Waals surface area contributed by atoms with E-state index in [4.69, 9.17) is 8.94 Å². The van der Waals surface area contributed by atoms with Gasteiger partial charge >= 0.3 is 0 Å². The molecule has 0 aliphatic heterocycles. The average Bonchev–Trinajstić information content (AvgIpc) is 2.81. The second-order valence-electron chi connectivity index (χ2n) is 3.94. The van der Waals surface area contributed by atoms with Gasteiger partial charge in [-0.3, -0.25) is 0 Å². The molecule has 3 rings (SSSR count). The molecule has 2 aromatic rings. The van der Waals surface area contributed by atoms with E-state index in [1.165, 1.54) is 12.8 Å². The van der Waals surface area contributed by atoms with Crippen LogP contribution in [0.5, 0.6) is 0 Å². The summed E-state index contributed by atoms with van der Waals surface area (Å²) < 4.78 is 11.3. The van der Waals surface area contributed by atoms with Crippen molar-refractivity contribution < 1.29 is 8.94 Å². The van der Waals surface area contributed by atoms with Crippen LogP contribution >= 0.6 is 15.9 Å². The highest BCUT2D eigenvalue weighted by atomic mass is 79.9. The maximum absolute atomic E-state index is 5.38. The van der Waals surface area contributed by atoms with Crippen LogP contribution in [0.3, 0.4) is 0 Å². The average molecular weight is 283 g/mol. The van der Waals surface area contributed by atoms with E-state index in [2.05, 4.69) is 26.4 Å². The molecular weight excluding hydrogens is 272 g/mol. The molecule has 5 heteroatoms. The van der Waals surface area contributed by atoms with Crippen LogP contribution in [0.4, 0.5) is 0 Å². The molecule has 1 N–H and O–H groups in total. The third kappa shape index (κ3) is 2.20. The van der Waals surface area contributed by atoms with Gasteiger partial charge in [-0.2, -0.15) is 0 Å². The lowest BCUT2D eigenvalue weighted by Crippen LogP contribution is -2.15. The summed E-state index contributed by atoms with van der Waals surface area (Å²) in [5.41, 5.74) is 0.912. The van der Waals surface area contributed by atoms with Gasteiger partial charge in [-0.25, -0.2) is 0 Å². The highest BCUT2D eigenvalue weighted by Gasteiger charge is 2.20. The van der Waals surface area contributed by atoms with Gasteiger partial charge in [-0.05, 0) is 40.9 Å². The van der Waals surface area contributed by atoms with Crippen molar-refractivity contribution in [2.24, 2.45) is 0 Å². The fourth-order valence-electron chi connectivity index (χ4n) is 1.49. The number of nitrogens with zero attached hydrogens (tertiary/aromatic N) is 1. The largest absolute Gasteiger partial charge is 0.446 e. The normalized spacial score (nSPS) is 15.6. The number of aromatic nitrogens is 1. The highest BCUT2D eigenvalue weighted by molar-refractivity contribution is 9.10. The van der Waals surface area contributed by atoms with Crippen LogP contribution in [-0.2, 0) is 6.54 Å². The van der Waals surface area contributed by atoms with Crippen molar-refractivity contribution in [2.45, 2.75) is 25.4 Å². The Hall–Kier alpha value is -1.07. The first kappa shape index (κ1) is 10.1. The van der Waals surface area contributed by atoms with E-state index in [1.807, 2.05) is 18.2 Å². The molecule has 0 spiro atoms. The zero-order valence-electron chi connectivity index (χ0n) is 8.57. The summed E-state index contributed by atoms with van der Waals surface area (Å²) in [6.45, 7) is 0.760. The molecule has 4 nitrogen and oxygen atoms in total. The molecule has 0 radical (unpaired) electrons. The van der Waals surface area contributed by atoms with Crippen LogP contribution < -0.4 is 5.32 Å². The molecule has 0 atom stereocenters. The first-order valence-electron chi connectivity index (χ1n) is 5.26. The van der Waals surface area contributed by atoms with Crippen LogP contribution in [0.2, 0.25) is 0 Å². The van der Waals surface area contributed by atoms with Crippen LogP contribution in [0.25, 0.3) is 11.5 Å². The molecule has 2 aromatic heterocycles. The standard InChI is InChI=1S/C11H11BrN2O2/c12-11-4-3-9(15-11)10-5-8(14-16-10)6-13-7-1-2-7/h3-5,7,13H,1-2,6H2. The Balaban J connectivity index is 1.71. The van der Waals surface area contributed by atoms with Crippen molar-refractivity contribution in [1.29, 1.82) is 0 Å². The maximum Gasteiger partial charge on any atom is 0.202 e. The summed E-state index contributed by atoms with van der Waals surface area (Å²) in [5, 5.41) is 7.37. The fraction of sp³-hybridized carbons (Fsp3) is 0.364. The van der Waals surface area contributed by atoms with Gasteiger partial charge in [0.1, 0.15) is 0 Å². The van der Waals surface area contributed by atoms with Crippen LogP contribution in [0, 0.1) is 0 Å². The van der Waals surface area contributed by atoms with Crippen molar-refractivity contribution in [2.75, 3.05) is 0 Å². The van der Waals surface area contributed by atoms with Crippen LogP contribution in [-0.4, -0.2) is 11.2 Å². The number of halogens is 1. The summed E-state index contributed by atoms with van der Waals surface area (Å²) in [6, 6.07) is 6.27. The minimum Gasteiger partial charge on any atom is -0.446 e. The predicted octanol–water partition coefficient (Wildman–Crippen LogP) is 2.95. The van der Waals surface area contributed by atoms with E-state index < -0.39 is 0 Å². The minimum absolute atomic E-state index is 0.665. The molecule has 0 saturated heterocycles. The van der Waals surface area contributed by atoms with E-state index in [0.717, 1.165) is 12.2 Å². The summed E-state index contributed by atoms with van der Waals surface area (Å²) in [4.78, 5) is 0. The molecule has 0 aromatic carbocycles. The Morgan fingerprint density at radius 1 is 1.38 bits per heavy atom. The third-order valence-electron chi connectivity index (χ3n) is 2.52. The zero-order valence-corrected chi connectivity index (χ0v) is 10.2. The third-order valence-corrected chi connectivity index (χ3v) is 2.95. The molecule has 0 amide bonds. The molecule has 0 bridgehead atoms. The molecule has 2 heterocycles. The topological polar surface area (TPSA) is 51.2 Å². The van der Waals surface area contributed by atoms with Gasteiger partial charge in [0.15, 0.2) is 10.4 Å². The minimum atomic E-state index is 0.665. The van der Waals surface area contributed by atoms with Gasteiger partial charge in [0.05, 0.1) is 5.69 Å². The van der Waals surface area contributed by atoms with E-state index in [0.29, 0.717) is 22.2 Å². The molecule has 1 aliphatic carbocycles. The summed E-state index contributed by atoms with van der Waals surface area (Å²) in [6.07, 6.45) is 2.55. The Labute approximate surface area is 101 Å². The predicted molar refractivity (Wildman–Crippen MR) is 61.8 cm³/mol. The van der Waals surface area contributed by atoms with Gasteiger partial charge in [-0.1, -0.05) is 5.16 Å². The number of hydrogen-bond acceptors (Lipinski definition) is 4. The molecule has 84 valence electrons. The number of furan rings is 1. The van der Waals surface area contributed by atoms with Crippen molar-refractivity contribution >= 4 is 15.9 Å². The van der Waals surface area contributed by atoms with E-state index in [9.17, 15) is 0 Å². The first-order chi connectivity index (χ1) is 7.81. The number of rotatable bonds is 4. The van der Waals surface area contributed by atoms with Crippen molar-refractivity contribution in [3.05, 3.63) is 28.6 Å². The lowest BCUT2D eigenvalue weighted by molar-refractivity contribution is 0.406. The van der Waals surface area contributed by atoms with Crippen LogP contribution in [0.15, 0.2) is 31.8 Å². The Bertz CT molecular complexity index is 488. The maximum atomic E-state index is 5.38. The van der Waals surface area contributed by atoms with Crippen LogP contribution in [0.1, 0.15) is 18.5 Å². The summed E-state index contributed by atoms with van der Waals surface area (Å²) in [5.74, 6) is 1.36. The van der Waals surface area contributed by atoms with E-state index in [1.54, 1.807) is 0 Å². The summed E-state index contributed by atoms with van der Waals surface area (Å²) in [7, 11) is 0. The van der Waals surface area contributed by atoms with Gasteiger partial charge in [-0.15, -0.1) is 0 Å². The first-order valence-corrected chi connectivity index (χ1v) is 6.05. The van der Waals surface area contributed by atoms with E-state index >= 15 is 0 Å². The SMILES string of the molecule is Brc1ccc(-c2cc(CNC3CC3)no2)o1. The second-order valence-corrected chi connectivity index (χ2v) is 4.72. The zero-order chi connectivity index (χ0) is 11.0. The molecule has 16 heavy (non-hydrogen) atoms. The molecule has 0 unspecified atom stereocenters. The monoisotopic (exact) mass is 282 g/mol. The van der Waals surface area contributed by atoms with E-state index in [-0.39, 0.29) is 0 Å². The Kier molecular flexibility index (Phi) is 2.57. The lowest BCUT2D eigenvalue weighted by atomic mass is 10.3. The smallest absolute Gasteiger partial charge is 0.202 e. The second kappa shape index (κ2) is 4.07. The van der Waals surface area contributed by atoms with Gasteiger partial charge < -0.3 is 14.3 Å². The summed E-state index contributed by atoms with van der Waals surface area (Å²) >= 11 is 3.25. The van der Waals surface area contributed by atoms with Gasteiger partial charge in [0, 0.05) is 18.7 Å². The molecule has 1 fully saturated rings. The molecule has 1 aliphatic rings. The van der Waals surface area contributed by atoms with Crippen molar-refractivity contribution in [3.63, 3.8) is 0 Å². The number of hydrogen-bond donors (Lipinski definition) is 1. The quantitative estimate of drug-likeness (QED) is 0.937. The molecular formula is C11H11BrN2O2. The van der Waals surface area contributed by atoms with Gasteiger partial charge in [0.2, 0.25) is 5.76 Å². The Morgan fingerprint density at radius 2 is 2.25 bits per heavy atom. The highest BCUT2D eigenvalue weighted by Crippen LogP contribution is 2.26.